The van der Waals surface area contributed by atoms with Crippen molar-refractivity contribution >= 4 is 11.6 Å². The summed E-state index contributed by atoms with van der Waals surface area (Å²) in [6.07, 6.45) is 1.41. The summed E-state index contributed by atoms with van der Waals surface area (Å²) < 4.78 is 5.30. The first-order valence-electron chi connectivity index (χ1n) is 6.75. The lowest BCUT2D eigenvalue weighted by Crippen LogP contribution is -2.49. The summed E-state index contributed by atoms with van der Waals surface area (Å²) in [5, 5.41) is 20.6. The second-order valence-corrected chi connectivity index (χ2v) is 5.46. The highest BCUT2D eigenvalue weighted by atomic mass is 16.6. The molecule has 114 valence electrons. The fourth-order valence-corrected chi connectivity index (χ4v) is 2.36. The lowest BCUT2D eigenvalue weighted by Gasteiger charge is -2.36. The summed E-state index contributed by atoms with van der Waals surface area (Å²) in [4.78, 5) is 23.7. The minimum atomic E-state index is -0.862. The number of hydrogen-bond donors (Lipinski definition) is 1. The number of piperidine rings is 1. The summed E-state index contributed by atoms with van der Waals surface area (Å²) in [6, 6.07) is 5.70. The SMILES string of the molecule is CC1(O)CCCN(C(=O)COc2cccc([N+](=O)[O-])c2)C1. The largest absolute Gasteiger partial charge is 0.484 e. The zero-order valence-corrected chi connectivity index (χ0v) is 11.8. The minimum absolute atomic E-state index is 0.0825. The number of non-ortho nitro benzene ring substituents is 1. The van der Waals surface area contributed by atoms with Crippen molar-refractivity contribution in [1.82, 2.24) is 4.90 Å². The van der Waals surface area contributed by atoms with Gasteiger partial charge in [-0.3, -0.25) is 14.9 Å². The molecule has 1 fully saturated rings. The smallest absolute Gasteiger partial charge is 0.273 e. The molecule has 2 rings (SSSR count). The molecule has 1 aromatic carbocycles. The van der Waals surface area contributed by atoms with Gasteiger partial charge in [-0.25, -0.2) is 0 Å². The Labute approximate surface area is 122 Å². The molecular formula is C14H18N2O5. The van der Waals surface area contributed by atoms with Crippen LogP contribution in [0.15, 0.2) is 24.3 Å². The third-order valence-corrected chi connectivity index (χ3v) is 3.42. The molecule has 0 bridgehead atoms. The predicted octanol–water partition coefficient (Wildman–Crippen LogP) is 1.35. The van der Waals surface area contributed by atoms with Gasteiger partial charge in [0.05, 0.1) is 16.6 Å². The van der Waals surface area contributed by atoms with Crippen LogP contribution in [0.2, 0.25) is 0 Å². The Morgan fingerprint density at radius 2 is 2.33 bits per heavy atom. The number of likely N-dealkylation sites (tertiary alicyclic amines) is 1. The number of amides is 1. The first-order chi connectivity index (χ1) is 9.87. The number of carbonyl (C=O) groups is 1. The van der Waals surface area contributed by atoms with Crippen LogP contribution in [-0.4, -0.2) is 46.1 Å². The predicted molar refractivity (Wildman–Crippen MR) is 75.0 cm³/mol. The van der Waals surface area contributed by atoms with Gasteiger partial charge in [0.2, 0.25) is 0 Å². The van der Waals surface area contributed by atoms with E-state index in [1.54, 1.807) is 17.9 Å². The number of rotatable bonds is 4. The zero-order valence-electron chi connectivity index (χ0n) is 11.8. The van der Waals surface area contributed by atoms with Crippen LogP contribution in [-0.2, 0) is 4.79 Å². The molecule has 0 aliphatic carbocycles. The Bertz CT molecular complexity index is 544. The van der Waals surface area contributed by atoms with Crippen molar-refractivity contribution < 1.29 is 19.6 Å². The van der Waals surface area contributed by atoms with E-state index in [-0.39, 0.29) is 30.5 Å². The van der Waals surface area contributed by atoms with E-state index in [0.717, 1.165) is 6.42 Å². The standard InChI is InChI=1S/C14H18N2O5/c1-14(18)6-3-7-15(10-14)13(17)9-21-12-5-2-4-11(8-12)16(19)20/h2,4-5,8,18H,3,6-7,9-10H2,1H3. The van der Waals surface area contributed by atoms with Crippen LogP contribution in [0, 0.1) is 10.1 Å². The molecule has 1 saturated heterocycles. The van der Waals surface area contributed by atoms with Crippen LogP contribution >= 0.6 is 0 Å². The molecule has 1 unspecified atom stereocenters. The number of nitro groups is 1. The van der Waals surface area contributed by atoms with Crippen molar-refractivity contribution in [2.45, 2.75) is 25.4 Å². The number of hydrogen-bond acceptors (Lipinski definition) is 5. The van der Waals surface area contributed by atoms with Gasteiger partial charge >= 0.3 is 0 Å². The van der Waals surface area contributed by atoms with Crippen LogP contribution in [0.3, 0.4) is 0 Å². The van der Waals surface area contributed by atoms with E-state index >= 15 is 0 Å². The number of carbonyl (C=O) groups excluding carboxylic acids is 1. The number of benzene rings is 1. The fraction of sp³-hybridized carbons (Fsp3) is 0.500. The number of β-amino-alcohol motifs (C(OH)–C–C–N with tert-alkyl or cyclic N) is 1. The van der Waals surface area contributed by atoms with E-state index in [1.807, 2.05) is 0 Å². The second-order valence-electron chi connectivity index (χ2n) is 5.46. The van der Waals surface area contributed by atoms with Crippen molar-refractivity contribution in [3.63, 3.8) is 0 Å². The van der Waals surface area contributed by atoms with Crippen molar-refractivity contribution in [3.8, 4) is 5.75 Å². The molecule has 1 aliphatic heterocycles. The maximum Gasteiger partial charge on any atom is 0.273 e. The molecule has 0 saturated carbocycles. The van der Waals surface area contributed by atoms with E-state index in [2.05, 4.69) is 0 Å². The maximum atomic E-state index is 12.0. The molecule has 1 aromatic rings. The normalized spacial score (nSPS) is 21.9. The van der Waals surface area contributed by atoms with E-state index in [9.17, 15) is 20.0 Å². The van der Waals surface area contributed by atoms with Crippen LogP contribution in [0.5, 0.6) is 5.75 Å². The van der Waals surface area contributed by atoms with Gasteiger partial charge < -0.3 is 14.7 Å². The van der Waals surface area contributed by atoms with Gasteiger partial charge in [-0.2, -0.15) is 0 Å². The van der Waals surface area contributed by atoms with Crippen LogP contribution < -0.4 is 4.74 Å². The lowest BCUT2D eigenvalue weighted by molar-refractivity contribution is -0.384. The molecular weight excluding hydrogens is 276 g/mol. The number of ether oxygens (including phenoxy) is 1. The Morgan fingerprint density at radius 3 is 3.00 bits per heavy atom. The molecule has 1 heterocycles. The number of nitro benzene ring substituents is 1. The van der Waals surface area contributed by atoms with Gasteiger partial charge in [-0.15, -0.1) is 0 Å². The van der Waals surface area contributed by atoms with E-state index in [1.165, 1.54) is 18.2 Å². The van der Waals surface area contributed by atoms with E-state index in [4.69, 9.17) is 4.74 Å². The van der Waals surface area contributed by atoms with Gasteiger partial charge in [0.15, 0.2) is 6.61 Å². The van der Waals surface area contributed by atoms with Gasteiger partial charge in [0, 0.05) is 19.2 Å². The molecule has 7 heteroatoms. The highest BCUT2D eigenvalue weighted by Crippen LogP contribution is 2.21. The second kappa shape index (κ2) is 6.09. The Morgan fingerprint density at radius 1 is 1.57 bits per heavy atom. The van der Waals surface area contributed by atoms with Crippen molar-refractivity contribution in [1.29, 1.82) is 0 Å². The average Bonchev–Trinajstić information content (AvgIpc) is 2.44. The molecule has 21 heavy (non-hydrogen) atoms. The Balaban J connectivity index is 1.92. The molecule has 0 radical (unpaired) electrons. The minimum Gasteiger partial charge on any atom is -0.484 e. The molecule has 0 spiro atoms. The van der Waals surface area contributed by atoms with Crippen molar-refractivity contribution in [3.05, 3.63) is 34.4 Å². The zero-order chi connectivity index (χ0) is 15.5. The maximum absolute atomic E-state index is 12.0. The Kier molecular flexibility index (Phi) is 4.42. The molecule has 0 aromatic heterocycles. The first-order valence-corrected chi connectivity index (χ1v) is 6.75. The highest BCUT2D eigenvalue weighted by Gasteiger charge is 2.30. The van der Waals surface area contributed by atoms with Gasteiger partial charge in [-0.1, -0.05) is 6.07 Å². The average molecular weight is 294 g/mol. The van der Waals surface area contributed by atoms with Crippen LogP contribution in [0.25, 0.3) is 0 Å². The van der Waals surface area contributed by atoms with Crippen LogP contribution in [0.1, 0.15) is 19.8 Å². The summed E-state index contributed by atoms with van der Waals surface area (Å²) in [5.41, 5.74) is -0.944. The third-order valence-electron chi connectivity index (χ3n) is 3.42. The summed E-state index contributed by atoms with van der Waals surface area (Å²) in [5.74, 6) is 0.0443. The monoisotopic (exact) mass is 294 g/mol. The highest BCUT2D eigenvalue weighted by molar-refractivity contribution is 5.78. The number of aliphatic hydroxyl groups is 1. The molecule has 1 N–H and O–H groups in total. The van der Waals surface area contributed by atoms with E-state index < -0.39 is 10.5 Å². The molecule has 7 nitrogen and oxygen atoms in total. The number of nitrogens with zero attached hydrogens (tertiary/aromatic N) is 2. The lowest BCUT2D eigenvalue weighted by atomic mass is 9.95. The van der Waals surface area contributed by atoms with Gasteiger partial charge in [0.25, 0.3) is 11.6 Å². The molecule has 1 amide bonds. The molecule has 1 aliphatic rings. The topological polar surface area (TPSA) is 92.9 Å². The van der Waals surface area contributed by atoms with Gasteiger partial charge in [0.1, 0.15) is 5.75 Å². The summed E-state index contributed by atoms with van der Waals surface area (Å²) in [6.45, 7) is 2.38. The van der Waals surface area contributed by atoms with Crippen LogP contribution in [0.4, 0.5) is 5.69 Å². The summed E-state index contributed by atoms with van der Waals surface area (Å²) >= 11 is 0. The summed E-state index contributed by atoms with van der Waals surface area (Å²) in [7, 11) is 0. The molecule has 1 atom stereocenters. The third kappa shape index (κ3) is 4.16. The van der Waals surface area contributed by atoms with Crippen molar-refractivity contribution in [2.75, 3.05) is 19.7 Å². The Hall–Kier alpha value is -2.15. The van der Waals surface area contributed by atoms with Crippen molar-refractivity contribution in [2.24, 2.45) is 0 Å². The van der Waals surface area contributed by atoms with Gasteiger partial charge in [-0.05, 0) is 25.8 Å². The first kappa shape index (κ1) is 15.2. The van der Waals surface area contributed by atoms with E-state index in [0.29, 0.717) is 13.0 Å². The fourth-order valence-electron chi connectivity index (χ4n) is 2.36. The quantitative estimate of drug-likeness (QED) is 0.668.